The summed E-state index contributed by atoms with van der Waals surface area (Å²) in [6.07, 6.45) is 6.90. The van der Waals surface area contributed by atoms with Crippen molar-refractivity contribution in [3.05, 3.63) is 46.7 Å². The molecular formula is C17H17IN2O. The minimum Gasteiger partial charge on any atom is -0.324 e. The van der Waals surface area contributed by atoms with Crippen molar-refractivity contribution < 1.29 is 4.79 Å². The lowest BCUT2D eigenvalue weighted by molar-refractivity contribution is -0.118. The highest BCUT2D eigenvalue weighted by molar-refractivity contribution is 14.1. The van der Waals surface area contributed by atoms with E-state index in [4.69, 9.17) is 0 Å². The maximum Gasteiger partial charge on any atom is 0.231 e. The minimum atomic E-state index is -0.115. The van der Waals surface area contributed by atoms with Crippen molar-refractivity contribution in [1.29, 1.82) is 0 Å². The molecule has 0 spiro atoms. The molecular weight excluding hydrogens is 375 g/mol. The number of carbonyl (C=O) groups is 1. The van der Waals surface area contributed by atoms with Crippen molar-refractivity contribution in [2.24, 2.45) is 11.8 Å². The fraction of sp³-hybridized carbons (Fsp3) is 0.294. The predicted molar refractivity (Wildman–Crippen MR) is 94.1 cm³/mol. The van der Waals surface area contributed by atoms with Gasteiger partial charge in [-0.2, -0.15) is 0 Å². The van der Waals surface area contributed by atoms with Crippen LogP contribution in [0.25, 0.3) is 10.9 Å². The second kappa shape index (κ2) is 6.13. The van der Waals surface area contributed by atoms with Gasteiger partial charge in [0.2, 0.25) is 5.91 Å². The number of nitrogens with zero attached hydrogens (tertiary/aromatic N) is 1. The highest BCUT2D eigenvalue weighted by Crippen LogP contribution is 2.36. The Labute approximate surface area is 138 Å². The second-order valence-corrected chi connectivity index (χ2v) is 6.67. The number of benzene rings is 1. The smallest absolute Gasteiger partial charge is 0.231 e. The Kier molecular flexibility index (Phi) is 4.24. The molecule has 0 saturated heterocycles. The van der Waals surface area contributed by atoms with Crippen LogP contribution in [0.1, 0.15) is 19.3 Å². The molecule has 1 saturated carbocycles. The monoisotopic (exact) mass is 392 g/mol. The molecule has 1 aliphatic carbocycles. The molecule has 1 amide bonds. The van der Waals surface area contributed by atoms with Gasteiger partial charge >= 0.3 is 0 Å². The lowest BCUT2D eigenvalue weighted by atomic mass is 10.0. The molecule has 1 atom stereocenters. The van der Waals surface area contributed by atoms with Crippen LogP contribution in [0.15, 0.2) is 43.1 Å². The van der Waals surface area contributed by atoms with E-state index in [0.717, 1.165) is 26.6 Å². The summed E-state index contributed by atoms with van der Waals surface area (Å²) in [5, 5.41) is 4.08. The minimum absolute atomic E-state index is 0.0186. The zero-order chi connectivity index (χ0) is 14.8. The van der Waals surface area contributed by atoms with Crippen molar-refractivity contribution in [2.45, 2.75) is 19.3 Å². The van der Waals surface area contributed by atoms with Crippen LogP contribution in [0.5, 0.6) is 0 Å². The summed E-state index contributed by atoms with van der Waals surface area (Å²) in [6.45, 7) is 3.80. The molecule has 0 radical (unpaired) electrons. The molecule has 2 aromatic rings. The largest absolute Gasteiger partial charge is 0.324 e. The number of anilines is 1. The van der Waals surface area contributed by atoms with E-state index in [-0.39, 0.29) is 11.8 Å². The van der Waals surface area contributed by atoms with Gasteiger partial charge in [0.1, 0.15) is 0 Å². The quantitative estimate of drug-likeness (QED) is 0.606. The molecule has 21 heavy (non-hydrogen) atoms. The van der Waals surface area contributed by atoms with Gasteiger partial charge < -0.3 is 5.32 Å². The maximum atomic E-state index is 12.4. The van der Waals surface area contributed by atoms with Gasteiger partial charge in [-0.3, -0.25) is 9.78 Å². The number of hydrogen-bond acceptors (Lipinski definition) is 2. The number of amides is 1. The first-order valence-corrected chi connectivity index (χ1v) is 8.23. The summed E-state index contributed by atoms with van der Waals surface area (Å²) in [6, 6.07) is 7.86. The second-order valence-electron chi connectivity index (χ2n) is 5.51. The summed E-state index contributed by atoms with van der Waals surface area (Å²) in [7, 11) is 0. The van der Waals surface area contributed by atoms with E-state index in [9.17, 15) is 4.79 Å². The van der Waals surface area contributed by atoms with Crippen LogP contribution in [0.2, 0.25) is 0 Å². The number of rotatable bonds is 5. The Bertz CT molecular complexity index is 694. The molecule has 1 aromatic carbocycles. The summed E-state index contributed by atoms with van der Waals surface area (Å²) in [4.78, 5) is 16.8. The van der Waals surface area contributed by atoms with Crippen LogP contribution in [0.4, 0.5) is 5.69 Å². The van der Waals surface area contributed by atoms with Gasteiger partial charge in [-0.1, -0.05) is 25.0 Å². The van der Waals surface area contributed by atoms with Crippen LogP contribution in [-0.4, -0.2) is 10.9 Å². The molecule has 0 aliphatic heterocycles. The van der Waals surface area contributed by atoms with E-state index in [0.29, 0.717) is 5.92 Å². The topological polar surface area (TPSA) is 42.0 Å². The Morgan fingerprint density at radius 3 is 3.00 bits per heavy atom. The molecule has 1 unspecified atom stereocenters. The van der Waals surface area contributed by atoms with Crippen LogP contribution >= 0.6 is 22.6 Å². The van der Waals surface area contributed by atoms with E-state index in [1.54, 1.807) is 12.3 Å². The Balaban J connectivity index is 1.85. The van der Waals surface area contributed by atoms with Crippen molar-refractivity contribution in [3.63, 3.8) is 0 Å². The summed E-state index contributed by atoms with van der Waals surface area (Å²) in [5.74, 6) is 0.603. The number of aromatic nitrogens is 1. The first-order valence-electron chi connectivity index (χ1n) is 7.15. The lowest BCUT2D eigenvalue weighted by Crippen LogP contribution is -2.22. The van der Waals surface area contributed by atoms with Crippen LogP contribution in [-0.2, 0) is 4.79 Å². The summed E-state index contributed by atoms with van der Waals surface area (Å²) < 4.78 is 1.13. The normalized spacial score (nSPS) is 15.7. The lowest BCUT2D eigenvalue weighted by Gasteiger charge is -2.14. The number of halogens is 1. The molecule has 3 nitrogen and oxygen atoms in total. The number of carbonyl (C=O) groups excluding carboxylic acids is 1. The molecule has 0 bridgehead atoms. The maximum absolute atomic E-state index is 12.4. The zero-order valence-corrected chi connectivity index (χ0v) is 13.8. The third-order valence-electron chi connectivity index (χ3n) is 3.88. The highest BCUT2D eigenvalue weighted by Gasteiger charge is 2.27. The third-order valence-corrected chi connectivity index (χ3v) is 4.82. The van der Waals surface area contributed by atoms with Gasteiger partial charge in [0.15, 0.2) is 0 Å². The van der Waals surface area contributed by atoms with E-state index in [1.165, 1.54) is 12.8 Å². The van der Waals surface area contributed by atoms with Crippen molar-refractivity contribution >= 4 is 45.1 Å². The molecule has 1 N–H and O–H groups in total. The fourth-order valence-electron chi connectivity index (χ4n) is 2.49. The van der Waals surface area contributed by atoms with E-state index < -0.39 is 0 Å². The average molecular weight is 392 g/mol. The van der Waals surface area contributed by atoms with E-state index in [2.05, 4.69) is 39.5 Å². The number of hydrogen-bond donors (Lipinski definition) is 1. The number of fused-ring (bicyclic) bond motifs is 1. The Morgan fingerprint density at radius 2 is 2.29 bits per heavy atom. The Hall–Kier alpha value is -1.43. The molecule has 1 aliphatic rings. The first kappa shape index (κ1) is 14.5. The van der Waals surface area contributed by atoms with Crippen LogP contribution in [0.3, 0.4) is 0 Å². The van der Waals surface area contributed by atoms with Crippen LogP contribution in [0, 0.1) is 15.4 Å². The highest BCUT2D eigenvalue weighted by atomic mass is 127. The first-order chi connectivity index (χ1) is 10.2. The molecule has 4 heteroatoms. The molecule has 108 valence electrons. The van der Waals surface area contributed by atoms with Gasteiger partial charge in [0, 0.05) is 15.2 Å². The predicted octanol–water partition coefficient (Wildman–Crippen LogP) is 4.38. The van der Waals surface area contributed by atoms with Gasteiger partial charge in [-0.15, -0.1) is 6.58 Å². The van der Waals surface area contributed by atoms with Crippen molar-refractivity contribution in [1.82, 2.24) is 4.98 Å². The number of pyridine rings is 1. The fourth-order valence-corrected chi connectivity index (χ4v) is 3.10. The van der Waals surface area contributed by atoms with E-state index in [1.807, 2.05) is 24.3 Å². The zero-order valence-electron chi connectivity index (χ0n) is 11.7. The van der Waals surface area contributed by atoms with Gasteiger partial charge in [-0.05, 0) is 53.1 Å². The molecule has 1 heterocycles. The van der Waals surface area contributed by atoms with Gasteiger partial charge in [-0.25, -0.2) is 0 Å². The van der Waals surface area contributed by atoms with Gasteiger partial charge in [0.25, 0.3) is 0 Å². The van der Waals surface area contributed by atoms with Crippen molar-refractivity contribution in [2.75, 3.05) is 5.32 Å². The molecule has 1 aromatic heterocycles. The summed E-state index contributed by atoms with van der Waals surface area (Å²) >= 11 is 2.28. The standard InChI is InChI=1S/C17H17IN2O/c1-2-12(10-11-5-6-11)17(21)20-15-8-7-14(18)13-4-3-9-19-16(13)15/h2-4,7-9,11-12H,1,5-6,10H2,(H,20,21). The van der Waals surface area contributed by atoms with Gasteiger partial charge in [0.05, 0.1) is 17.1 Å². The van der Waals surface area contributed by atoms with Crippen LogP contribution < -0.4 is 5.32 Å². The molecule has 3 rings (SSSR count). The SMILES string of the molecule is C=CC(CC1CC1)C(=O)Nc1ccc(I)c2cccnc12. The Morgan fingerprint density at radius 1 is 1.48 bits per heavy atom. The van der Waals surface area contributed by atoms with Crippen molar-refractivity contribution in [3.8, 4) is 0 Å². The van der Waals surface area contributed by atoms with E-state index >= 15 is 0 Å². The number of nitrogens with one attached hydrogen (secondary N) is 1. The average Bonchev–Trinajstić information content (AvgIpc) is 3.32. The molecule has 1 fully saturated rings. The third kappa shape index (κ3) is 3.26. The summed E-state index contributed by atoms with van der Waals surface area (Å²) in [5.41, 5.74) is 1.62.